The van der Waals surface area contributed by atoms with Gasteiger partial charge in [0.15, 0.2) is 0 Å². The van der Waals surface area contributed by atoms with Crippen molar-refractivity contribution in [3.63, 3.8) is 0 Å². The van der Waals surface area contributed by atoms with E-state index in [1.54, 1.807) is 0 Å². The summed E-state index contributed by atoms with van der Waals surface area (Å²) in [5.41, 5.74) is 0. The number of rotatable bonds is 46. The minimum absolute atomic E-state index is 0.0323. The third kappa shape index (κ3) is 39.8. The zero-order valence-electron chi connectivity index (χ0n) is 39.6. The lowest BCUT2D eigenvalue weighted by Gasteiger charge is -2.17. The van der Waals surface area contributed by atoms with Crippen LogP contribution in [0.25, 0.3) is 0 Å². The lowest BCUT2D eigenvalue weighted by Crippen LogP contribution is -2.18. The molecule has 0 bridgehead atoms. The first-order valence-electron chi connectivity index (χ1n) is 25.8. The van der Waals surface area contributed by atoms with Gasteiger partial charge >= 0.3 is 17.9 Å². The highest BCUT2D eigenvalue weighted by Gasteiger charge is 2.19. The molecule has 0 spiro atoms. The smallest absolute Gasteiger partial charge is 0.308 e. The molecular formula is C52H97NO6. The van der Waals surface area contributed by atoms with Gasteiger partial charge in [-0.15, -0.1) is 0 Å². The molecule has 0 aliphatic carbocycles. The van der Waals surface area contributed by atoms with Crippen molar-refractivity contribution in [2.24, 2.45) is 17.8 Å². The molecule has 0 heterocycles. The van der Waals surface area contributed by atoms with Crippen LogP contribution in [-0.2, 0) is 28.6 Å². The molecule has 0 unspecified atom stereocenters. The Kier molecular flexibility index (Phi) is 43.8. The standard InChI is InChI=1S/C52H97NO6/c1-5-9-23-33-47(34-24-10-6-2)41-45-57-50(54)39-29-21-17-13-15-19-27-37-49(52(56)59-44-32-31-43-53)38-28-20-16-14-18-22-30-40-51(55)58-46-42-48(35-25-11-7-3)36-26-12-8-4/h47-49H,5-42,44-46H2,1-4H3. The normalized spacial score (nSPS) is 11.4. The average molecular weight is 832 g/mol. The van der Waals surface area contributed by atoms with Crippen LogP contribution in [0.15, 0.2) is 0 Å². The fraction of sp³-hybridized carbons (Fsp3) is 0.923. The molecule has 0 rings (SSSR count). The second-order valence-corrected chi connectivity index (χ2v) is 17.9. The molecule has 7 heteroatoms. The van der Waals surface area contributed by atoms with Crippen molar-refractivity contribution in [1.29, 1.82) is 5.26 Å². The van der Waals surface area contributed by atoms with Crippen molar-refractivity contribution in [2.45, 2.75) is 272 Å². The Labute approximate surface area is 366 Å². The molecule has 0 aromatic heterocycles. The van der Waals surface area contributed by atoms with Crippen LogP contribution in [0.3, 0.4) is 0 Å². The first-order valence-corrected chi connectivity index (χ1v) is 25.8. The van der Waals surface area contributed by atoms with Crippen LogP contribution in [0.2, 0.25) is 0 Å². The van der Waals surface area contributed by atoms with Gasteiger partial charge in [0.25, 0.3) is 0 Å². The van der Waals surface area contributed by atoms with Crippen molar-refractivity contribution in [1.82, 2.24) is 0 Å². The molecule has 0 amide bonds. The first kappa shape index (κ1) is 56.9. The van der Waals surface area contributed by atoms with Crippen LogP contribution in [0.5, 0.6) is 0 Å². The minimum atomic E-state index is -0.0891. The van der Waals surface area contributed by atoms with Gasteiger partial charge < -0.3 is 14.2 Å². The molecule has 346 valence electrons. The molecule has 0 N–H and O–H groups in total. The zero-order valence-corrected chi connectivity index (χ0v) is 39.6. The SMILES string of the molecule is CCCCCC(CCCCC)CCOC(=O)CCCCCCCCCC(CCCCCCCCCC(=O)OCCC(CCCCC)CCCCC)C(=O)OCCCC#N. The summed E-state index contributed by atoms with van der Waals surface area (Å²) in [6.07, 6.45) is 41.5. The number of nitrogens with zero attached hydrogens (tertiary/aromatic N) is 1. The summed E-state index contributed by atoms with van der Waals surface area (Å²) in [4.78, 5) is 37.6. The van der Waals surface area contributed by atoms with E-state index in [4.69, 9.17) is 19.5 Å². The lowest BCUT2D eigenvalue weighted by molar-refractivity contribution is -0.149. The van der Waals surface area contributed by atoms with Crippen molar-refractivity contribution in [3.05, 3.63) is 0 Å². The van der Waals surface area contributed by atoms with Crippen LogP contribution in [0.1, 0.15) is 272 Å². The molecule has 0 fully saturated rings. The van der Waals surface area contributed by atoms with Gasteiger partial charge in [-0.25, -0.2) is 0 Å². The Hall–Kier alpha value is -2.10. The number of carbonyl (C=O) groups is 3. The molecule has 0 aliphatic heterocycles. The fourth-order valence-electron chi connectivity index (χ4n) is 8.33. The number of unbranched alkanes of at least 4 members (excludes halogenated alkanes) is 21. The van der Waals surface area contributed by atoms with Crippen molar-refractivity contribution >= 4 is 17.9 Å². The molecule has 0 atom stereocenters. The number of carbonyl (C=O) groups excluding carboxylic acids is 3. The average Bonchev–Trinajstić information content (AvgIpc) is 3.23. The van der Waals surface area contributed by atoms with Gasteiger partial charge in [-0.3, -0.25) is 14.4 Å². The zero-order chi connectivity index (χ0) is 43.3. The van der Waals surface area contributed by atoms with Gasteiger partial charge in [-0.2, -0.15) is 5.26 Å². The van der Waals surface area contributed by atoms with Gasteiger partial charge in [-0.05, 0) is 56.8 Å². The van der Waals surface area contributed by atoms with Crippen LogP contribution in [0, 0.1) is 29.1 Å². The van der Waals surface area contributed by atoms with Crippen LogP contribution in [0.4, 0.5) is 0 Å². The Balaban J connectivity index is 4.17. The van der Waals surface area contributed by atoms with E-state index in [9.17, 15) is 14.4 Å². The highest BCUT2D eigenvalue weighted by Crippen LogP contribution is 2.24. The van der Waals surface area contributed by atoms with E-state index in [0.717, 1.165) is 116 Å². The Bertz CT molecular complexity index is 899. The molecule has 0 aromatic rings. The second kappa shape index (κ2) is 45.4. The maximum absolute atomic E-state index is 12.9. The summed E-state index contributed by atoms with van der Waals surface area (Å²) in [5, 5.41) is 8.83. The molecule has 0 aliphatic rings. The summed E-state index contributed by atoms with van der Waals surface area (Å²) in [7, 11) is 0. The molecule has 0 radical (unpaired) electrons. The molecule has 0 saturated carbocycles. The number of hydrogen-bond acceptors (Lipinski definition) is 7. The van der Waals surface area contributed by atoms with E-state index in [-0.39, 0.29) is 23.8 Å². The molecule has 7 nitrogen and oxygen atoms in total. The monoisotopic (exact) mass is 832 g/mol. The Morgan fingerprint density at radius 1 is 0.390 bits per heavy atom. The largest absolute Gasteiger partial charge is 0.466 e. The predicted molar refractivity (Wildman–Crippen MR) is 247 cm³/mol. The van der Waals surface area contributed by atoms with Gasteiger partial charge in [0.2, 0.25) is 0 Å². The van der Waals surface area contributed by atoms with E-state index in [0.29, 0.717) is 57.3 Å². The van der Waals surface area contributed by atoms with E-state index < -0.39 is 0 Å². The van der Waals surface area contributed by atoms with E-state index in [1.807, 2.05) is 0 Å². The van der Waals surface area contributed by atoms with Crippen molar-refractivity contribution in [2.75, 3.05) is 19.8 Å². The van der Waals surface area contributed by atoms with Gasteiger partial charge in [0.05, 0.1) is 31.8 Å². The fourth-order valence-corrected chi connectivity index (χ4v) is 8.33. The highest BCUT2D eigenvalue weighted by molar-refractivity contribution is 5.72. The van der Waals surface area contributed by atoms with E-state index in [2.05, 4.69) is 33.8 Å². The van der Waals surface area contributed by atoms with Crippen LogP contribution >= 0.6 is 0 Å². The van der Waals surface area contributed by atoms with Crippen LogP contribution < -0.4 is 0 Å². The summed E-state index contributed by atoms with van der Waals surface area (Å²) in [6.45, 7) is 10.5. The predicted octanol–water partition coefficient (Wildman–Crippen LogP) is 15.9. The summed E-state index contributed by atoms with van der Waals surface area (Å²) < 4.78 is 16.8. The summed E-state index contributed by atoms with van der Waals surface area (Å²) >= 11 is 0. The van der Waals surface area contributed by atoms with E-state index >= 15 is 0 Å². The minimum Gasteiger partial charge on any atom is -0.466 e. The number of nitriles is 1. The second-order valence-electron chi connectivity index (χ2n) is 17.9. The Morgan fingerprint density at radius 3 is 1.08 bits per heavy atom. The first-order chi connectivity index (χ1) is 28.9. The number of hydrogen-bond donors (Lipinski definition) is 0. The van der Waals surface area contributed by atoms with Gasteiger partial charge in [0, 0.05) is 19.3 Å². The van der Waals surface area contributed by atoms with Gasteiger partial charge in [-0.1, -0.05) is 207 Å². The topological polar surface area (TPSA) is 103 Å². The Morgan fingerprint density at radius 2 is 0.729 bits per heavy atom. The van der Waals surface area contributed by atoms with Crippen LogP contribution in [-0.4, -0.2) is 37.7 Å². The molecule has 0 aromatic carbocycles. The number of esters is 3. The summed E-state index contributed by atoms with van der Waals surface area (Å²) in [5.74, 6) is 1.18. The maximum atomic E-state index is 12.9. The van der Waals surface area contributed by atoms with Gasteiger partial charge in [0.1, 0.15) is 0 Å². The number of ether oxygens (including phenoxy) is 3. The molecule has 59 heavy (non-hydrogen) atoms. The quantitative estimate of drug-likeness (QED) is 0.0342. The molecule has 0 saturated heterocycles. The maximum Gasteiger partial charge on any atom is 0.308 e. The lowest BCUT2D eigenvalue weighted by atomic mass is 9.92. The third-order valence-electron chi connectivity index (χ3n) is 12.3. The summed E-state index contributed by atoms with van der Waals surface area (Å²) in [6, 6.07) is 2.13. The third-order valence-corrected chi connectivity index (χ3v) is 12.3. The molecular weight excluding hydrogens is 735 g/mol. The highest BCUT2D eigenvalue weighted by atomic mass is 16.5. The van der Waals surface area contributed by atoms with Crippen molar-refractivity contribution in [3.8, 4) is 6.07 Å². The van der Waals surface area contributed by atoms with E-state index in [1.165, 1.54) is 103 Å². The van der Waals surface area contributed by atoms with Crippen molar-refractivity contribution < 1.29 is 28.6 Å².